The molecule has 0 saturated heterocycles. The van der Waals surface area contributed by atoms with Gasteiger partial charge in [-0.25, -0.2) is 0 Å². The van der Waals surface area contributed by atoms with Gasteiger partial charge in [-0.3, -0.25) is 0 Å². The lowest BCUT2D eigenvalue weighted by Crippen LogP contribution is -2.01. The molecule has 9 rings (SSSR count). The molecule has 41 heavy (non-hydrogen) atoms. The van der Waals surface area contributed by atoms with Gasteiger partial charge in [-0.2, -0.15) is 0 Å². The van der Waals surface area contributed by atoms with Crippen molar-refractivity contribution in [1.82, 2.24) is 0 Å². The van der Waals surface area contributed by atoms with Crippen molar-refractivity contribution >= 4 is 69.4 Å². The van der Waals surface area contributed by atoms with Gasteiger partial charge in [-0.05, 0) is 103 Å². The summed E-state index contributed by atoms with van der Waals surface area (Å²) in [4.78, 5) is 0. The van der Waals surface area contributed by atoms with Gasteiger partial charge in [0.1, 0.15) is 0 Å². The fraction of sp³-hybridized carbons (Fsp3) is 0.0500. The first-order valence-corrected chi connectivity index (χ1v) is 15.2. The van der Waals surface area contributed by atoms with E-state index in [1.807, 2.05) is 11.3 Å². The number of fused-ring (bicyclic) bond motifs is 9. The van der Waals surface area contributed by atoms with Crippen molar-refractivity contribution in [2.75, 3.05) is 0 Å². The van der Waals surface area contributed by atoms with Crippen molar-refractivity contribution in [1.29, 1.82) is 0 Å². The van der Waals surface area contributed by atoms with Gasteiger partial charge in [0.05, 0.1) is 0 Å². The zero-order valence-electron chi connectivity index (χ0n) is 22.5. The molecule has 0 atom stereocenters. The highest BCUT2D eigenvalue weighted by atomic mass is 32.1. The van der Waals surface area contributed by atoms with E-state index in [9.17, 15) is 0 Å². The molecule has 0 spiro atoms. The van der Waals surface area contributed by atoms with Crippen LogP contribution in [-0.4, -0.2) is 0 Å². The van der Waals surface area contributed by atoms with Crippen molar-refractivity contribution in [3.8, 4) is 11.1 Å². The van der Waals surface area contributed by atoms with Crippen LogP contribution in [0.3, 0.4) is 0 Å². The third-order valence-electron chi connectivity index (χ3n) is 8.91. The average Bonchev–Trinajstić information content (AvgIpc) is 3.43. The molecule has 1 aliphatic carbocycles. The molecule has 0 N–H and O–H groups in total. The molecular formula is C40H26S. The molecule has 1 heteroatoms. The maximum absolute atomic E-state index is 2.47. The second-order valence-electron chi connectivity index (χ2n) is 11.1. The Kier molecular flexibility index (Phi) is 5.00. The van der Waals surface area contributed by atoms with Crippen LogP contribution < -0.4 is 0 Å². The van der Waals surface area contributed by atoms with Crippen LogP contribution in [0.15, 0.2) is 133 Å². The van der Waals surface area contributed by atoms with Crippen LogP contribution in [-0.2, 0) is 6.42 Å². The van der Waals surface area contributed by atoms with Gasteiger partial charge in [-0.1, -0.05) is 109 Å². The summed E-state index contributed by atoms with van der Waals surface area (Å²) in [5.74, 6) is 0. The number of hydrogen-bond donors (Lipinski definition) is 0. The van der Waals surface area contributed by atoms with Gasteiger partial charge >= 0.3 is 0 Å². The zero-order valence-corrected chi connectivity index (χ0v) is 23.3. The van der Waals surface area contributed by atoms with Crippen molar-refractivity contribution < 1.29 is 0 Å². The van der Waals surface area contributed by atoms with E-state index in [1.165, 1.54) is 85.9 Å². The van der Waals surface area contributed by atoms with E-state index in [2.05, 4.69) is 133 Å². The summed E-state index contributed by atoms with van der Waals surface area (Å²) < 4.78 is 2.69. The Labute approximate surface area is 242 Å². The van der Waals surface area contributed by atoms with E-state index < -0.39 is 0 Å². The van der Waals surface area contributed by atoms with Crippen LogP contribution in [0.5, 0.6) is 0 Å². The standard InChI is InChI=1S/C40H26S/c1-2-13-27-25(11-1)12-9-19-28(27)35-23-26-24-36(33-20-10-22-38-40(33)34-18-7-8-21-37(34)41-38)30-15-4-6-17-32(30)39(26)31-16-5-3-14-29(31)35/h1-8,10-11,13-24H,9,12H2. The Bertz CT molecular complexity index is 2370. The molecule has 0 radical (unpaired) electrons. The summed E-state index contributed by atoms with van der Waals surface area (Å²) in [5.41, 5.74) is 8.14. The van der Waals surface area contributed by atoms with Crippen LogP contribution in [0.25, 0.3) is 69.2 Å². The maximum Gasteiger partial charge on any atom is 0.0361 e. The predicted octanol–water partition coefficient (Wildman–Crippen LogP) is 11.6. The highest BCUT2D eigenvalue weighted by molar-refractivity contribution is 7.25. The summed E-state index contributed by atoms with van der Waals surface area (Å²) in [5, 5.41) is 10.6. The predicted molar refractivity (Wildman–Crippen MR) is 179 cm³/mol. The fourth-order valence-electron chi connectivity index (χ4n) is 7.16. The number of rotatable bonds is 2. The molecule has 7 aromatic carbocycles. The van der Waals surface area contributed by atoms with Crippen LogP contribution in [0.1, 0.15) is 23.1 Å². The van der Waals surface area contributed by atoms with Crippen molar-refractivity contribution in [2.24, 2.45) is 0 Å². The van der Waals surface area contributed by atoms with Gasteiger partial charge in [0.2, 0.25) is 0 Å². The fourth-order valence-corrected chi connectivity index (χ4v) is 8.30. The molecule has 0 bridgehead atoms. The number of aryl methyl sites for hydroxylation is 1. The van der Waals surface area contributed by atoms with Gasteiger partial charge in [0.15, 0.2) is 0 Å². The largest absolute Gasteiger partial charge is 0.135 e. The Hall–Kier alpha value is -4.72. The van der Waals surface area contributed by atoms with Gasteiger partial charge in [0.25, 0.3) is 0 Å². The molecule has 192 valence electrons. The SMILES string of the molecule is C1=C(c2cc3cc(-c4cccc5sc6ccccc6c45)c4ccccc4c3c3ccccc23)c2ccccc2CC1. The first-order chi connectivity index (χ1) is 20.3. The molecule has 0 unspecified atom stereocenters. The van der Waals surface area contributed by atoms with Crippen LogP contribution in [0, 0.1) is 0 Å². The highest BCUT2D eigenvalue weighted by Crippen LogP contribution is 2.46. The van der Waals surface area contributed by atoms with Crippen LogP contribution in [0.4, 0.5) is 0 Å². The van der Waals surface area contributed by atoms with E-state index >= 15 is 0 Å². The normalized spacial score (nSPS) is 13.3. The van der Waals surface area contributed by atoms with Gasteiger partial charge in [0, 0.05) is 20.2 Å². The molecule has 0 fully saturated rings. The number of hydrogen-bond acceptors (Lipinski definition) is 1. The molecule has 0 nitrogen and oxygen atoms in total. The first kappa shape index (κ1) is 23.0. The Balaban J connectivity index is 1.42. The second kappa shape index (κ2) is 8.89. The average molecular weight is 539 g/mol. The Morgan fingerprint density at radius 3 is 1.88 bits per heavy atom. The van der Waals surface area contributed by atoms with Crippen molar-refractivity contribution in [3.05, 3.63) is 150 Å². The summed E-state index contributed by atoms with van der Waals surface area (Å²) in [6, 6.07) is 47.5. The van der Waals surface area contributed by atoms with Gasteiger partial charge in [-0.15, -0.1) is 11.3 Å². The maximum atomic E-state index is 2.47. The molecule has 1 aromatic heterocycles. The van der Waals surface area contributed by atoms with Crippen molar-refractivity contribution in [3.63, 3.8) is 0 Å². The minimum atomic E-state index is 1.08. The Morgan fingerprint density at radius 2 is 1.05 bits per heavy atom. The topological polar surface area (TPSA) is 0 Å². The van der Waals surface area contributed by atoms with Crippen LogP contribution in [0.2, 0.25) is 0 Å². The Morgan fingerprint density at radius 1 is 0.439 bits per heavy atom. The molecule has 0 amide bonds. The monoisotopic (exact) mass is 538 g/mol. The van der Waals surface area contributed by atoms with Gasteiger partial charge < -0.3 is 0 Å². The van der Waals surface area contributed by atoms with E-state index in [0.29, 0.717) is 0 Å². The third-order valence-corrected chi connectivity index (χ3v) is 10.1. The minimum absolute atomic E-state index is 1.08. The van der Waals surface area contributed by atoms with E-state index in [4.69, 9.17) is 0 Å². The summed E-state index contributed by atoms with van der Waals surface area (Å²) in [7, 11) is 0. The second-order valence-corrected chi connectivity index (χ2v) is 12.2. The zero-order chi connectivity index (χ0) is 26.9. The summed E-state index contributed by atoms with van der Waals surface area (Å²) in [6.45, 7) is 0. The third kappa shape index (κ3) is 3.40. The number of benzene rings is 7. The minimum Gasteiger partial charge on any atom is -0.135 e. The molecule has 1 aliphatic rings. The molecular weight excluding hydrogens is 513 g/mol. The first-order valence-electron chi connectivity index (χ1n) is 14.4. The lowest BCUT2D eigenvalue weighted by Gasteiger charge is -2.21. The summed E-state index contributed by atoms with van der Waals surface area (Å²) in [6.07, 6.45) is 4.64. The molecule has 8 aromatic rings. The lowest BCUT2D eigenvalue weighted by molar-refractivity contribution is 0.978. The molecule has 0 aliphatic heterocycles. The van der Waals surface area contributed by atoms with E-state index in [1.54, 1.807) is 0 Å². The highest BCUT2D eigenvalue weighted by Gasteiger charge is 2.20. The van der Waals surface area contributed by atoms with E-state index in [0.717, 1.165) is 12.8 Å². The van der Waals surface area contributed by atoms with Crippen LogP contribution >= 0.6 is 11.3 Å². The molecule has 1 heterocycles. The lowest BCUT2D eigenvalue weighted by atomic mass is 9.82. The smallest absolute Gasteiger partial charge is 0.0361 e. The van der Waals surface area contributed by atoms with E-state index in [-0.39, 0.29) is 0 Å². The summed E-state index contributed by atoms with van der Waals surface area (Å²) >= 11 is 1.89. The molecule has 0 saturated carbocycles. The quantitative estimate of drug-likeness (QED) is 0.192. The number of thiophene rings is 1. The number of allylic oxidation sites excluding steroid dienone is 1. The van der Waals surface area contributed by atoms with Crippen molar-refractivity contribution in [2.45, 2.75) is 12.8 Å².